The Morgan fingerprint density at radius 3 is 1.96 bits per heavy atom. The molecule has 0 radical (unpaired) electrons. The zero-order chi connectivity index (χ0) is 41.0. The van der Waals surface area contributed by atoms with E-state index in [1.165, 1.54) is 42.6 Å². The number of hydrogen-bond donors (Lipinski definition) is 3. The monoisotopic (exact) mass is 804 g/mol. The number of aromatic nitrogens is 2. The SMILES string of the molecule is C=CCOP(=O)(N[C@@H](CC(=O)O)C(=O)OC)OC[C@H]1O[C@@H](n2ccc(NC(=O)c3ccccc3)nc2=O)[C@H](OC(=O)c2ccccc2)[C@@H]1OC(=O)c1ccccc1. The molecule has 4 aromatic rings. The normalized spacial score (nSPS) is 19.0. The minimum atomic E-state index is -4.66. The Hall–Kier alpha value is -6.30. The summed E-state index contributed by atoms with van der Waals surface area (Å²) in [6.45, 7) is 2.30. The van der Waals surface area contributed by atoms with Gasteiger partial charge in [0.05, 0.1) is 37.9 Å². The van der Waals surface area contributed by atoms with Crippen LogP contribution in [0.4, 0.5) is 5.82 Å². The van der Waals surface area contributed by atoms with Gasteiger partial charge in [-0.3, -0.25) is 28.0 Å². The smallest absolute Gasteiger partial charge is 0.406 e. The highest BCUT2D eigenvalue weighted by Gasteiger charge is 2.52. The molecule has 298 valence electrons. The van der Waals surface area contributed by atoms with Gasteiger partial charge in [-0.2, -0.15) is 4.98 Å². The molecule has 0 aliphatic carbocycles. The topological polar surface area (TPSA) is 237 Å². The Morgan fingerprint density at radius 2 is 1.44 bits per heavy atom. The molecule has 0 spiro atoms. The van der Waals surface area contributed by atoms with Crippen LogP contribution in [-0.2, 0) is 42.1 Å². The van der Waals surface area contributed by atoms with Gasteiger partial charge in [0.25, 0.3) is 5.91 Å². The van der Waals surface area contributed by atoms with E-state index in [-0.39, 0.29) is 16.9 Å². The quantitative estimate of drug-likeness (QED) is 0.0562. The molecular weight excluding hydrogens is 767 g/mol. The second-order valence-electron chi connectivity index (χ2n) is 12.0. The summed E-state index contributed by atoms with van der Waals surface area (Å²) in [5.41, 5.74) is -0.515. The number of ether oxygens (including phenoxy) is 4. The standard InChI is InChI=1S/C38H37N4O14P/c1-3-21-52-57(50,41-27(22-30(43)44)37(48)51-2)53-23-28-31(55-35(46)25-15-9-5-10-16-25)32(56-36(47)26-17-11-6-12-18-26)34(54-28)42-20-19-29(40-38(42)49)39-33(45)24-13-7-4-8-14-24/h3-20,27-28,31-32,34H,1,21-23H2,2H3,(H,41,50)(H,43,44)(H,39,40,45,49)/t27-,28+,31+,32+,34+,57?/m0/s1. The molecular formula is C38H37N4O14P. The molecule has 0 saturated carbocycles. The summed E-state index contributed by atoms with van der Waals surface area (Å²) in [7, 11) is -3.67. The van der Waals surface area contributed by atoms with Gasteiger partial charge >= 0.3 is 37.3 Å². The molecule has 1 amide bonds. The molecule has 57 heavy (non-hydrogen) atoms. The third-order valence-corrected chi connectivity index (χ3v) is 9.73. The maximum absolute atomic E-state index is 14.0. The molecule has 5 rings (SSSR count). The average Bonchev–Trinajstić information content (AvgIpc) is 3.54. The number of esters is 3. The van der Waals surface area contributed by atoms with Crippen LogP contribution in [0.5, 0.6) is 0 Å². The highest BCUT2D eigenvalue weighted by atomic mass is 31.2. The van der Waals surface area contributed by atoms with Crippen LogP contribution in [0.2, 0.25) is 0 Å². The Balaban J connectivity index is 1.52. The van der Waals surface area contributed by atoms with Gasteiger partial charge in [-0.25, -0.2) is 24.0 Å². The van der Waals surface area contributed by atoms with Crippen molar-refractivity contribution in [1.82, 2.24) is 14.6 Å². The summed E-state index contributed by atoms with van der Waals surface area (Å²) in [6.07, 6.45) is -4.77. The second kappa shape index (κ2) is 19.5. The molecule has 1 unspecified atom stereocenters. The van der Waals surface area contributed by atoms with Crippen LogP contribution in [0.15, 0.2) is 121 Å². The summed E-state index contributed by atoms with van der Waals surface area (Å²) >= 11 is 0. The van der Waals surface area contributed by atoms with E-state index in [2.05, 4.69) is 26.7 Å². The third kappa shape index (κ3) is 11.2. The molecule has 2 heterocycles. The summed E-state index contributed by atoms with van der Waals surface area (Å²) in [5, 5.41) is 14.2. The van der Waals surface area contributed by atoms with Crippen LogP contribution in [0.3, 0.4) is 0 Å². The van der Waals surface area contributed by atoms with E-state index in [1.54, 1.807) is 66.7 Å². The minimum Gasteiger partial charge on any atom is -0.481 e. The Labute approximate surface area is 324 Å². The lowest BCUT2D eigenvalue weighted by Crippen LogP contribution is -2.43. The van der Waals surface area contributed by atoms with Gasteiger partial charge in [-0.1, -0.05) is 60.7 Å². The molecule has 1 aromatic heterocycles. The number of carbonyl (C=O) groups excluding carboxylic acids is 4. The number of rotatable bonds is 18. The molecule has 1 fully saturated rings. The van der Waals surface area contributed by atoms with Crippen molar-refractivity contribution in [2.45, 2.75) is 37.0 Å². The van der Waals surface area contributed by atoms with Gasteiger partial charge < -0.3 is 29.4 Å². The van der Waals surface area contributed by atoms with Crippen LogP contribution in [-0.4, -0.2) is 89.1 Å². The number of carboxylic acid groups (broad SMARTS) is 1. The largest absolute Gasteiger partial charge is 0.481 e. The molecule has 19 heteroatoms. The van der Waals surface area contributed by atoms with E-state index in [1.807, 2.05) is 0 Å². The minimum absolute atomic E-state index is 0.0855. The number of aliphatic carboxylic acids is 1. The number of nitrogens with zero attached hydrogens (tertiary/aromatic N) is 2. The fourth-order valence-corrected chi connectivity index (χ4v) is 6.89. The van der Waals surface area contributed by atoms with E-state index in [0.29, 0.717) is 5.56 Å². The Bertz CT molecular complexity index is 2170. The molecule has 18 nitrogen and oxygen atoms in total. The predicted molar refractivity (Wildman–Crippen MR) is 199 cm³/mol. The highest BCUT2D eigenvalue weighted by molar-refractivity contribution is 7.51. The number of carbonyl (C=O) groups is 5. The summed E-state index contributed by atoms with van der Waals surface area (Å²) in [6, 6.07) is 23.2. The number of benzene rings is 3. The zero-order valence-corrected chi connectivity index (χ0v) is 31.1. The maximum atomic E-state index is 14.0. The average molecular weight is 805 g/mol. The van der Waals surface area contributed by atoms with Crippen LogP contribution >= 0.6 is 7.75 Å². The van der Waals surface area contributed by atoms with E-state index in [0.717, 1.165) is 11.7 Å². The summed E-state index contributed by atoms with van der Waals surface area (Å²) in [5.74, 6) is -5.03. The van der Waals surface area contributed by atoms with Crippen LogP contribution < -0.4 is 16.1 Å². The van der Waals surface area contributed by atoms with Gasteiger partial charge in [0.2, 0.25) is 0 Å². The van der Waals surface area contributed by atoms with Gasteiger partial charge in [-0.05, 0) is 42.5 Å². The van der Waals surface area contributed by atoms with Crippen molar-refractivity contribution < 1.29 is 61.6 Å². The number of hydrogen-bond acceptors (Lipinski definition) is 14. The molecule has 1 aliphatic rings. The first-order valence-electron chi connectivity index (χ1n) is 17.1. The third-order valence-electron chi connectivity index (χ3n) is 8.12. The second-order valence-corrected chi connectivity index (χ2v) is 13.8. The molecule has 1 aliphatic heterocycles. The van der Waals surface area contributed by atoms with Crippen molar-refractivity contribution in [2.24, 2.45) is 0 Å². The first-order chi connectivity index (χ1) is 27.4. The Morgan fingerprint density at radius 1 is 0.877 bits per heavy atom. The molecule has 3 N–H and O–H groups in total. The number of amides is 1. The van der Waals surface area contributed by atoms with Gasteiger partial charge in [-0.15, -0.1) is 6.58 Å². The lowest BCUT2D eigenvalue weighted by molar-refractivity contribution is -0.147. The first kappa shape index (κ1) is 41.9. The highest BCUT2D eigenvalue weighted by Crippen LogP contribution is 2.46. The van der Waals surface area contributed by atoms with Gasteiger partial charge in [0.15, 0.2) is 18.4 Å². The molecule has 1 saturated heterocycles. The summed E-state index contributed by atoms with van der Waals surface area (Å²) < 4.78 is 48.6. The van der Waals surface area contributed by atoms with E-state index < -0.39 is 93.4 Å². The van der Waals surface area contributed by atoms with Gasteiger partial charge in [0.1, 0.15) is 18.0 Å². The summed E-state index contributed by atoms with van der Waals surface area (Å²) in [4.78, 5) is 81.4. The first-order valence-corrected chi connectivity index (χ1v) is 18.7. The maximum Gasteiger partial charge on any atom is 0.406 e. The van der Waals surface area contributed by atoms with Crippen LogP contribution in [0.1, 0.15) is 43.7 Å². The van der Waals surface area contributed by atoms with Crippen molar-refractivity contribution in [3.05, 3.63) is 143 Å². The predicted octanol–water partition coefficient (Wildman–Crippen LogP) is 3.78. The van der Waals surface area contributed by atoms with E-state index in [4.69, 9.17) is 23.3 Å². The van der Waals surface area contributed by atoms with Crippen molar-refractivity contribution in [3.63, 3.8) is 0 Å². The lowest BCUT2D eigenvalue weighted by Gasteiger charge is -2.26. The van der Waals surface area contributed by atoms with E-state index >= 15 is 0 Å². The van der Waals surface area contributed by atoms with Crippen molar-refractivity contribution in [2.75, 3.05) is 25.6 Å². The number of anilines is 1. The molecule has 3 aromatic carbocycles. The number of carboxylic acids is 1. The fraction of sp³-hybridized carbons (Fsp3) is 0.237. The van der Waals surface area contributed by atoms with Crippen molar-refractivity contribution in [3.8, 4) is 0 Å². The van der Waals surface area contributed by atoms with Crippen molar-refractivity contribution in [1.29, 1.82) is 0 Å². The fourth-order valence-electron chi connectivity index (χ4n) is 5.44. The Kier molecular flexibility index (Phi) is 14.3. The lowest BCUT2D eigenvalue weighted by atomic mass is 10.1. The van der Waals surface area contributed by atoms with Crippen molar-refractivity contribution >= 4 is 43.3 Å². The number of nitrogens with one attached hydrogen (secondary N) is 2. The number of methoxy groups -OCH3 is 1. The zero-order valence-electron chi connectivity index (χ0n) is 30.2. The van der Waals surface area contributed by atoms with Gasteiger partial charge in [0, 0.05) is 11.8 Å². The molecule has 6 atom stereocenters. The molecule has 0 bridgehead atoms. The van der Waals surface area contributed by atoms with Crippen LogP contribution in [0, 0.1) is 0 Å². The van der Waals surface area contributed by atoms with Crippen LogP contribution in [0.25, 0.3) is 0 Å². The van der Waals surface area contributed by atoms with E-state index in [9.17, 15) is 38.4 Å².